The summed E-state index contributed by atoms with van der Waals surface area (Å²) in [5.41, 5.74) is 0.419. The molecule has 0 spiro atoms. The van der Waals surface area contributed by atoms with Crippen molar-refractivity contribution in [1.29, 1.82) is 0 Å². The van der Waals surface area contributed by atoms with E-state index in [1.165, 1.54) is 19.3 Å². The average Bonchev–Trinajstić information content (AvgIpc) is 2.32. The Bertz CT molecular complexity index is 153. The van der Waals surface area contributed by atoms with Crippen LogP contribution in [-0.2, 0) is 0 Å². The van der Waals surface area contributed by atoms with E-state index in [0.29, 0.717) is 5.41 Å². The van der Waals surface area contributed by atoms with E-state index < -0.39 is 0 Å². The van der Waals surface area contributed by atoms with Gasteiger partial charge in [0.05, 0.1) is 6.10 Å². The van der Waals surface area contributed by atoms with Gasteiger partial charge >= 0.3 is 0 Å². The van der Waals surface area contributed by atoms with Crippen LogP contribution in [0.4, 0.5) is 0 Å². The smallest absolute Gasteiger partial charge is 0.0545 e. The number of hydrogen-bond acceptors (Lipinski definition) is 1. The molecule has 0 aromatic rings. The zero-order chi connectivity index (χ0) is 9.03. The summed E-state index contributed by atoms with van der Waals surface area (Å²) in [5.74, 6) is 0. The maximum Gasteiger partial charge on any atom is 0.0545 e. The Hall–Kier alpha value is -0.300. The van der Waals surface area contributed by atoms with Gasteiger partial charge in [-0.25, -0.2) is 0 Å². The fraction of sp³-hybridized carbons (Fsp3) is 0.818. The molecule has 0 amide bonds. The Morgan fingerprint density at radius 3 is 2.92 bits per heavy atom. The largest absolute Gasteiger partial charge is 0.393 e. The number of aliphatic hydroxyl groups is 1. The van der Waals surface area contributed by atoms with E-state index in [1.807, 2.05) is 6.08 Å². The fourth-order valence-electron chi connectivity index (χ4n) is 2.19. The van der Waals surface area contributed by atoms with Gasteiger partial charge in [0.25, 0.3) is 0 Å². The van der Waals surface area contributed by atoms with Crippen LogP contribution in [0.2, 0.25) is 0 Å². The van der Waals surface area contributed by atoms with Gasteiger partial charge in [0.15, 0.2) is 0 Å². The van der Waals surface area contributed by atoms with Crippen LogP contribution in [0.25, 0.3) is 0 Å². The Kier molecular flexibility index (Phi) is 3.33. The standard InChI is InChI=1S/C11H20O/c1-3-4-5-7-11(2)8-6-10(12)9-11/h3,10,12H,1,4-9H2,2H3. The highest BCUT2D eigenvalue weighted by Crippen LogP contribution is 2.41. The van der Waals surface area contributed by atoms with E-state index in [-0.39, 0.29) is 6.10 Å². The molecule has 0 radical (unpaired) electrons. The molecule has 0 bridgehead atoms. The summed E-state index contributed by atoms with van der Waals surface area (Å²) in [7, 11) is 0. The van der Waals surface area contributed by atoms with Gasteiger partial charge in [0, 0.05) is 0 Å². The molecule has 2 unspecified atom stereocenters. The molecule has 1 nitrogen and oxygen atoms in total. The predicted octanol–water partition coefficient (Wildman–Crippen LogP) is 2.89. The van der Waals surface area contributed by atoms with Crippen LogP contribution in [0.15, 0.2) is 12.7 Å². The minimum absolute atomic E-state index is 0.0290. The molecule has 0 aliphatic heterocycles. The quantitative estimate of drug-likeness (QED) is 0.505. The summed E-state index contributed by atoms with van der Waals surface area (Å²) in [5, 5.41) is 9.40. The SMILES string of the molecule is C=CCCCC1(C)CCC(O)C1. The summed E-state index contributed by atoms with van der Waals surface area (Å²) in [6.45, 7) is 6.01. The number of rotatable bonds is 4. The summed E-state index contributed by atoms with van der Waals surface area (Å²) < 4.78 is 0. The van der Waals surface area contributed by atoms with Gasteiger partial charge in [0.1, 0.15) is 0 Å². The van der Waals surface area contributed by atoms with Gasteiger partial charge in [-0.05, 0) is 43.9 Å². The van der Waals surface area contributed by atoms with Crippen LogP contribution in [-0.4, -0.2) is 11.2 Å². The molecule has 1 fully saturated rings. The van der Waals surface area contributed by atoms with E-state index in [9.17, 15) is 5.11 Å². The second-order valence-electron chi connectivity index (χ2n) is 4.39. The van der Waals surface area contributed by atoms with Crippen molar-refractivity contribution in [2.75, 3.05) is 0 Å². The van der Waals surface area contributed by atoms with Crippen molar-refractivity contribution >= 4 is 0 Å². The molecule has 0 saturated heterocycles. The van der Waals surface area contributed by atoms with Crippen molar-refractivity contribution in [1.82, 2.24) is 0 Å². The molecule has 1 N–H and O–H groups in total. The molecule has 1 aliphatic rings. The van der Waals surface area contributed by atoms with Gasteiger partial charge in [0.2, 0.25) is 0 Å². The predicted molar refractivity (Wildman–Crippen MR) is 52.0 cm³/mol. The Morgan fingerprint density at radius 2 is 2.42 bits per heavy atom. The summed E-state index contributed by atoms with van der Waals surface area (Å²) in [6, 6.07) is 0. The molecule has 1 aliphatic carbocycles. The van der Waals surface area contributed by atoms with Crippen molar-refractivity contribution in [2.24, 2.45) is 5.41 Å². The minimum atomic E-state index is -0.0290. The second-order valence-corrected chi connectivity index (χ2v) is 4.39. The highest BCUT2D eigenvalue weighted by Gasteiger charge is 2.33. The van der Waals surface area contributed by atoms with Crippen molar-refractivity contribution in [2.45, 2.75) is 51.6 Å². The molecule has 70 valence electrons. The first-order valence-corrected chi connectivity index (χ1v) is 4.95. The lowest BCUT2D eigenvalue weighted by atomic mass is 9.83. The lowest BCUT2D eigenvalue weighted by molar-refractivity contribution is 0.160. The van der Waals surface area contributed by atoms with E-state index in [2.05, 4.69) is 13.5 Å². The first-order valence-electron chi connectivity index (χ1n) is 4.95. The third-order valence-electron chi connectivity index (χ3n) is 3.00. The van der Waals surface area contributed by atoms with Crippen LogP contribution in [0, 0.1) is 5.41 Å². The molecule has 0 aromatic carbocycles. The van der Waals surface area contributed by atoms with E-state index >= 15 is 0 Å². The zero-order valence-electron chi connectivity index (χ0n) is 8.05. The summed E-state index contributed by atoms with van der Waals surface area (Å²) >= 11 is 0. The lowest BCUT2D eigenvalue weighted by Gasteiger charge is -2.22. The van der Waals surface area contributed by atoms with Gasteiger partial charge in [-0.1, -0.05) is 13.0 Å². The van der Waals surface area contributed by atoms with Crippen LogP contribution in [0.3, 0.4) is 0 Å². The molecule has 1 saturated carbocycles. The van der Waals surface area contributed by atoms with Gasteiger partial charge in [-0.2, -0.15) is 0 Å². The molecular formula is C11H20O. The Morgan fingerprint density at radius 1 is 1.67 bits per heavy atom. The van der Waals surface area contributed by atoms with Crippen LogP contribution in [0.5, 0.6) is 0 Å². The van der Waals surface area contributed by atoms with Crippen molar-refractivity contribution in [3.8, 4) is 0 Å². The highest BCUT2D eigenvalue weighted by molar-refractivity contribution is 4.85. The first kappa shape index (κ1) is 9.79. The maximum absolute atomic E-state index is 9.40. The van der Waals surface area contributed by atoms with E-state index in [0.717, 1.165) is 19.3 Å². The van der Waals surface area contributed by atoms with Crippen molar-refractivity contribution in [3.63, 3.8) is 0 Å². The van der Waals surface area contributed by atoms with Crippen molar-refractivity contribution < 1.29 is 5.11 Å². The van der Waals surface area contributed by atoms with E-state index in [4.69, 9.17) is 0 Å². The molecular weight excluding hydrogens is 148 g/mol. The summed E-state index contributed by atoms with van der Waals surface area (Å²) in [4.78, 5) is 0. The van der Waals surface area contributed by atoms with Crippen LogP contribution in [0.1, 0.15) is 45.4 Å². The number of unbranched alkanes of at least 4 members (excludes halogenated alkanes) is 1. The zero-order valence-corrected chi connectivity index (χ0v) is 8.05. The maximum atomic E-state index is 9.40. The Balaban J connectivity index is 2.25. The number of hydrogen-bond donors (Lipinski definition) is 1. The molecule has 0 aromatic heterocycles. The topological polar surface area (TPSA) is 20.2 Å². The van der Waals surface area contributed by atoms with Crippen molar-refractivity contribution in [3.05, 3.63) is 12.7 Å². The number of aliphatic hydroxyl groups excluding tert-OH is 1. The Labute approximate surface area is 75.5 Å². The van der Waals surface area contributed by atoms with Crippen LogP contribution >= 0.6 is 0 Å². The van der Waals surface area contributed by atoms with Gasteiger partial charge < -0.3 is 5.11 Å². The lowest BCUT2D eigenvalue weighted by Crippen LogP contribution is -2.12. The molecule has 12 heavy (non-hydrogen) atoms. The van der Waals surface area contributed by atoms with E-state index in [1.54, 1.807) is 0 Å². The summed E-state index contributed by atoms with van der Waals surface area (Å²) in [6.07, 6.45) is 8.75. The monoisotopic (exact) mass is 168 g/mol. The minimum Gasteiger partial charge on any atom is -0.393 e. The molecule has 1 heteroatoms. The molecule has 0 heterocycles. The van der Waals surface area contributed by atoms with Crippen LogP contribution < -0.4 is 0 Å². The first-order chi connectivity index (χ1) is 5.66. The third kappa shape index (κ3) is 2.63. The third-order valence-corrected chi connectivity index (χ3v) is 3.00. The second kappa shape index (κ2) is 4.08. The molecule has 2 atom stereocenters. The van der Waals surface area contributed by atoms with Gasteiger partial charge in [-0.3, -0.25) is 0 Å². The average molecular weight is 168 g/mol. The normalized spacial score (nSPS) is 35.3. The molecule has 1 rings (SSSR count). The fourth-order valence-corrected chi connectivity index (χ4v) is 2.19. The highest BCUT2D eigenvalue weighted by atomic mass is 16.3. The van der Waals surface area contributed by atoms with Gasteiger partial charge in [-0.15, -0.1) is 6.58 Å². The number of allylic oxidation sites excluding steroid dienone is 1.